The Hall–Kier alpha value is -1.86. The van der Waals surface area contributed by atoms with Gasteiger partial charge in [0, 0.05) is 5.57 Å². The van der Waals surface area contributed by atoms with Gasteiger partial charge in [0.05, 0.1) is 0 Å². The maximum Gasteiger partial charge on any atom is 0.252 e. The minimum Gasteiger partial charge on any atom is -0.276 e. The lowest BCUT2D eigenvalue weighted by Gasteiger charge is -2.08. The summed E-state index contributed by atoms with van der Waals surface area (Å²) >= 11 is 5.54. The molecule has 88 valence electrons. The third kappa shape index (κ3) is 1.59. The van der Waals surface area contributed by atoms with E-state index >= 15 is 0 Å². The molecule has 0 unspecified atom stereocenters. The largest absolute Gasteiger partial charge is 0.276 e. The van der Waals surface area contributed by atoms with Gasteiger partial charge in [-0.1, -0.05) is 49.0 Å². The molecular formula is C16H11ClO. The number of benzene rings is 2. The normalized spacial score (nSPS) is 11.8. The topological polar surface area (TPSA) is 17.1 Å². The van der Waals surface area contributed by atoms with Crippen molar-refractivity contribution in [3.63, 3.8) is 0 Å². The Morgan fingerprint density at radius 3 is 2.56 bits per heavy atom. The summed E-state index contributed by atoms with van der Waals surface area (Å²) in [5.74, 6) is 0. The zero-order chi connectivity index (χ0) is 12.7. The zero-order valence-corrected chi connectivity index (χ0v) is 10.5. The molecular weight excluding hydrogens is 244 g/mol. The van der Waals surface area contributed by atoms with Crippen LogP contribution < -0.4 is 0 Å². The predicted octanol–water partition coefficient (Wildman–Crippen LogP) is 4.04. The first kappa shape index (κ1) is 11.2. The third-order valence-electron chi connectivity index (χ3n) is 3.41. The van der Waals surface area contributed by atoms with E-state index < -0.39 is 5.24 Å². The summed E-state index contributed by atoms with van der Waals surface area (Å²) in [4.78, 5) is 11.3. The van der Waals surface area contributed by atoms with Crippen molar-refractivity contribution in [1.82, 2.24) is 0 Å². The molecule has 0 aliphatic heterocycles. The van der Waals surface area contributed by atoms with Gasteiger partial charge >= 0.3 is 0 Å². The number of hydrogen-bond donors (Lipinski definition) is 0. The molecule has 0 spiro atoms. The molecule has 1 aliphatic carbocycles. The summed E-state index contributed by atoms with van der Waals surface area (Å²) in [6.07, 6.45) is 0.838. The van der Waals surface area contributed by atoms with Crippen molar-refractivity contribution in [1.29, 1.82) is 0 Å². The molecule has 0 heterocycles. The minimum absolute atomic E-state index is 0.376. The van der Waals surface area contributed by atoms with E-state index in [0.717, 1.165) is 17.5 Å². The Kier molecular flexibility index (Phi) is 2.57. The SMILES string of the molecule is C=C(C(=O)Cl)c1cccc2c1Cc1ccccc1-2. The first-order chi connectivity index (χ1) is 8.68. The quantitative estimate of drug-likeness (QED) is 0.498. The van der Waals surface area contributed by atoms with Crippen molar-refractivity contribution in [2.75, 3.05) is 0 Å². The lowest BCUT2D eigenvalue weighted by atomic mass is 9.97. The van der Waals surface area contributed by atoms with Crippen LogP contribution in [-0.2, 0) is 11.2 Å². The summed E-state index contributed by atoms with van der Waals surface area (Å²) in [5.41, 5.74) is 6.10. The van der Waals surface area contributed by atoms with Gasteiger partial charge in [0.25, 0.3) is 5.24 Å². The van der Waals surface area contributed by atoms with E-state index in [2.05, 4.69) is 24.8 Å². The van der Waals surface area contributed by atoms with Gasteiger partial charge in [0.15, 0.2) is 0 Å². The molecule has 0 saturated carbocycles. The lowest BCUT2D eigenvalue weighted by molar-refractivity contribution is -0.106. The molecule has 3 rings (SSSR count). The molecule has 0 fully saturated rings. The smallest absolute Gasteiger partial charge is 0.252 e. The average molecular weight is 255 g/mol. The molecule has 0 atom stereocenters. The van der Waals surface area contributed by atoms with Crippen LogP contribution in [0, 0.1) is 0 Å². The summed E-state index contributed by atoms with van der Waals surface area (Å²) in [5, 5.41) is -0.487. The zero-order valence-electron chi connectivity index (χ0n) is 9.74. The van der Waals surface area contributed by atoms with Crippen LogP contribution in [0.4, 0.5) is 0 Å². The van der Waals surface area contributed by atoms with E-state index in [1.54, 1.807) is 0 Å². The first-order valence-electron chi connectivity index (χ1n) is 5.78. The van der Waals surface area contributed by atoms with Crippen molar-refractivity contribution in [3.05, 3.63) is 65.7 Å². The van der Waals surface area contributed by atoms with Crippen molar-refractivity contribution in [2.24, 2.45) is 0 Å². The summed E-state index contributed by atoms with van der Waals surface area (Å²) in [6, 6.07) is 14.2. The van der Waals surface area contributed by atoms with Gasteiger partial charge < -0.3 is 0 Å². The van der Waals surface area contributed by atoms with E-state index in [1.165, 1.54) is 16.7 Å². The molecule has 0 radical (unpaired) electrons. The van der Waals surface area contributed by atoms with Crippen LogP contribution in [-0.4, -0.2) is 5.24 Å². The maximum atomic E-state index is 11.3. The summed E-state index contributed by atoms with van der Waals surface area (Å²) < 4.78 is 0. The fourth-order valence-electron chi connectivity index (χ4n) is 2.55. The number of fused-ring (bicyclic) bond motifs is 3. The Morgan fingerprint density at radius 1 is 1.06 bits per heavy atom. The number of allylic oxidation sites excluding steroid dienone is 1. The Balaban J connectivity index is 2.20. The average Bonchev–Trinajstić information content (AvgIpc) is 2.76. The van der Waals surface area contributed by atoms with Crippen LogP contribution in [0.3, 0.4) is 0 Å². The highest BCUT2D eigenvalue weighted by atomic mass is 35.5. The van der Waals surface area contributed by atoms with Crippen molar-refractivity contribution < 1.29 is 4.79 Å². The second-order valence-electron chi connectivity index (χ2n) is 4.42. The molecule has 1 nitrogen and oxygen atoms in total. The van der Waals surface area contributed by atoms with Crippen LogP contribution in [0.15, 0.2) is 49.0 Å². The number of hydrogen-bond acceptors (Lipinski definition) is 1. The highest BCUT2D eigenvalue weighted by molar-refractivity contribution is 6.74. The van der Waals surface area contributed by atoms with Crippen LogP contribution >= 0.6 is 11.6 Å². The minimum atomic E-state index is -0.487. The molecule has 0 saturated heterocycles. The second-order valence-corrected chi connectivity index (χ2v) is 4.76. The molecule has 2 heteroatoms. The fourth-order valence-corrected chi connectivity index (χ4v) is 2.65. The Labute approximate surface area is 111 Å². The highest BCUT2D eigenvalue weighted by Crippen LogP contribution is 2.39. The molecule has 0 amide bonds. The van der Waals surface area contributed by atoms with Gasteiger partial charge in [-0.05, 0) is 45.8 Å². The highest BCUT2D eigenvalue weighted by Gasteiger charge is 2.22. The fraction of sp³-hybridized carbons (Fsp3) is 0.0625. The van der Waals surface area contributed by atoms with E-state index in [1.807, 2.05) is 24.3 Å². The summed E-state index contributed by atoms with van der Waals surface area (Å²) in [6.45, 7) is 3.78. The van der Waals surface area contributed by atoms with Gasteiger partial charge in [-0.2, -0.15) is 0 Å². The number of halogens is 1. The van der Waals surface area contributed by atoms with Gasteiger partial charge in [-0.15, -0.1) is 0 Å². The maximum absolute atomic E-state index is 11.3. The van der Waals surface area contributed by atoms with Crippen LogP contribution in [0.5, 0.6) is 0 Å². The standard InChI is InChI=1S/C16H11ClO/c1-10(16(17)18)12-7-4-8-14-13-6-3-2-5-11(13)9-15(12)14/h2-8H,1,9H2. The molecule has 0 bridgehead atoms. The lowest BCUT2D eigenvalue weighted by Crippen LogP contribution is -1.96. The Morgan fingerprint density at radius 2 is 1.78 bits per heavy atom. The monoisotopic (exact) mass is 254 g/mol. The van der Waals surface area contributed by atoms with Crippen molar-refractivity contribution in [3.8, 4) is 11.1 Å². The van der Waals surface area contributed by atoms with Crippen LogP contribution in [0.2, 0.25) is 0 Å². The molecule has 2 aromatic rings. The van der Waals surface area contributed by atoms with Crippen LogP contribution in [0.25, 0.3) is 16.7 Å². The van der Waals surface area contributed by atoms with Gasteiger partial charge in [0.2, 0.25) is 0 Å². The molecule has 0 aromatic heterocycles. The Bertz CT molecular complexity index is 671. The van der Waals surface area contributed by atoms with Gasteiger partial charge in [-0.25, -0.2) is 0 Å². The van der Waals surface area contributed by atoms with Gasteiger partial charge in [-0.3, -0.25) is 4.79 Å². The molecule has 0 N–H and O–H groups in total. The van der Waals surface area contributed by atoms with E-state index in [0.29, 0.717) is 5.57 Å². The van der Waals surface area contributed by atoms with E-state index in [4.69, 9.17) is 11.6 Å². The molecule has 18 heavy (non-hydrogen) atoms. The van der Waals surface area contributed by atoms with Crippen LogP contribution in [0.1, 0.15) is 16.7 Å². The summed E-state index contributed by atoms with van der Waals surface area (Å²) in [7, 11) is 0. The third-order valence-corrected chi connectivity index (χ3v) is 3.64. The van der Waals surface area contributed by atoms with E-state index in [-0.39, 0.29) is 0 Å². The van der Waals surface area contributed by atoms with E-state index in [9.17, 15) is 4.79 Å². The van der Waals surface area contributed by atoms with Gasteiger partial charge in [0.1, 0.15) is 0 Å². The van der Waals surface area contributed by atoms with Crippen molar-refractivity contribution >= 4 is 22.4 Å². The second kappa shape index (κ2) is 4.11. The number of rotatable bonds is 2. The first-order valence-corrected chi connectivity index (χ1v) is 6.15. The van der Waals surface area contributed by atoms with Crippen molar-refractivity contribution in [2.45, 2.75) is 6.42 Å². The molecule has 2 aromatic carbocycles. The molecule has 1 aliphatic rings. The number of carbonyl (C=O) groups excluding carboxylic acids is 1. The predicted molar refractivity (Wildman–Crippen MR) is 74.6 cm³/mol. The number of carbonyl (C=O) groups is 1.